The molecule has 1 aromatic carbocycles. The number of pyridine rings is 1. The number of aromatic nitrogens is 3. The van der Waals surface area contributed by atoms with Crippen molar-refractivity contribution in [1.82, 2.24) is 14.8 Å². The second-order valence-electron chi connectivity index (χ2n) is 4.86. The van der Waals surface area contributed by atoms with E-state index in [4.69, 9.17) is 18.0 Å². The number of thiocarbonyl (C=S) groups is 1. The average molecular weight is 297 g/mol. The Morgan fingerprint density at radius 3 is 2.71 bits per heavy atom. The van der Waals surface area contributed by atoms with E-state index >= 15 is 0 Å². The smallest absolute Gasteiger partial charge is 0.132 e. The third-order valence-electron chi connectivity index (χ3n) is 3.24. The Bertz CT molecular complexity index is 837. The first-order chi connectivity index (χ1) is 10.0. The van der Waals surface area contributed by atoms with Crippen molar-refractivity contribution < 1.29 is 0 Å². The Hall–Kier alpha value is -2.47. The van der Waals surface area contributed by atoms with Gasteiger partial charge in [0.15, 0.2) is 0 Å². The quantitative estimate of drug-likeness (QED) is 0.727. The molecule has 0 atom stereocenters. The molecule has 0 aliphatic carbocycles. The van der Waals surface area contributed by atoms with Crippen LogP contribution in [0.4, 0.5) is 11.6 Å². The van der Waals surface area contributed by atoms with Crippen molar-refractivity contribution in [3.63, 3.8) is 0 Å². The lowest BCUT2D eigenvalue weighted by molar-refractivity contribution is 0.764. The third-order valence-corrected chi connectivity index (χ3v) is 3.46. The zero-order valence-electron chi connectivity index (χ0n) is 11.8. The molecule has 5 nitrogen and oxygen atoms in total. The minimum Gasteiger partial charge on any atom is -0.389 e. The number of benzene rings is 1. The molecule has 21 heavy (non-hydrogen) atoms. The van der Waals surface area contributed by atoms with E-state index in [1.165, 1.54) is 0 Å². The van der Waals surface area contributed by atoms with Gasteiger partial charge in [0, 0.05) is 24.1 Å². The Kier molecular flexibility index (Phi) is 3.31. The van der Waals surface area contributed by atoms with Crippen LogP contribution in [0.1, 0.15) is 11.3 Å². The molecule has 0 saturated carbocycles. The molecule has 0 fully saturated rings. The normalized spacial score (nSPS) is 10.8. The number of para-hydroxylation sites is 1. The summed E-state index contributed by atoms with van der Waals surface area (Å²) in [6.07, 6.45) is 0. The van der Waals surface area contributed by atoms with Crippen molar-refractivity contribution in [1.29, 1.82) is 0 Å². The van der Waals surface area contributed by atoms with Crippen molar-refractivity contribution >= 4 is 39.7 Å². The largest absolute Gasteiger partial charge is 0.389 e. The maximum atomic E-state index is 5.83. The molecule has 0 spiro atoms. The molecule has 0 unspecified atom stereocenters. The van der Waals surface area contributed by atoms with E-state index in [1.54, 1.807) is 4.68 Å². The Balaban J connectivity index is 2.11. The molecule has 2 aromatic heterocycles. The number of rotatable bonds is 3. The van der Waals surface area contributed by atoms with Gasteiger partial charge in [-0.25, -0.2) is 4.98 Å². The van der Waals surface area contributed by atoms with Crippen molar-refractivity contribution in [2.45, 2.75) is 6.92 Å². The lowest BCUT2D eigenvalue weighted by Crippen LogP contribution is -2.11. The molecule has 0 radical (unpaired) electrons. The summed E-state index contributed by atoms with van der Waals surface area (Å²) in [6.45, 7) is 1.94. The predicted octanol–water partition coefficient (Wildman–Crippen LogP) is 2.65. The highest BCUT2D eigenvalue weighted by molar-refractivity contribution is 7.80. The monoisotopic (exact) mass is 297 g/mol. The second kappa shape index (κ2) is 5.14. The summed E-state index contributed by atoms with van der Waals surface area (Å²) in [5.41, 5.74) is 8.44. The standard InChI is InChI=1S/C15H15N5S/c1-9-7-14(20(2)19-9)18-13-8-11(15(16)21)10-5-3-4-6-12(10)17-13/h3-8H,1-2H3,(H2,16,21)(H,17,18). The molecule has 106 valence electrons. The van der Waals surface area contributed by atoms with Crippen molar-refractivity contribution in [2.75, 3.05) is 5.32 Å². The van der Waals surface area contributed by atoms with Crippen LogP contribution in [0.25, 0.3) is 10.9 Å². The lowest BCUT2D eigenvalue weighted by atomic mass is 10.1. The number of fused-ring (bicyclic) bond motifs is 1. The molecule has 0 aliphatic rings. The summed E-state index contributed by atoms with van der Waals surface area (Å²) < 4.78 is 1.77. The highest BCUT2D eigenvalue weighted by Crippen LogP contribution is 2.23. The zero-order valence-corrected chi connectivity index (χ0v) is 12.6. The first-order valence-corrected chi connectivity index (χ1v) is 6.92. The number of hydrogen-bond acceptors (Lipinski definition) is 4. The summed E-state index contributed by atoms with van der Waals surface area (Å²) in [5, 5.41) is 8.51. The van der Waals surface area contributed by atoms with E-state index in [0.717, 1.165) is 28.0 Å². The molecule has 6 heteroatoms. The average Bonchev–Trinajstić information content (AvgIpc) is 2.76. The van der Waals surface area contributed by atoms with E-state index in [9.17, 15) is 0 Å². The van der Waals surface area contributed by atoms with Gasteiger partial charge >= 0.3 is 0 Å². The molecule has 0 amide bonds. The van der Waals surface area contributed by atoms with Crippen LogP contribution in [0.3, 0.4) is 0 Å². The molecule has 0 bridgehead atoms. The zero-order chi connectivity index (χ0) is 15.0. The maximum absolute atomic E-state index is 5.83. The van der Waals surface area contributed by atoms with E-state index in [1.807, 2.05) is 50.4 Å². The molecule has 3 rings (SSSR count). The van der Waals surface area contributed by atoms with E-state index in [0.29, 0.717) is 10.8 Å². The maximum Gasteiger partial charge on any atom is 0.132 e. The fourth-order valence-electron chi connectivity index (χ4n) is 2.30. The van der Waals surface area contributed by atoms with Crippen LogP contribution < -0.4 is 11.1 Å². The molecule has 3 aromatic rings. The number of aryl methyl sites for hydroxylation is 2. The highest BCUT2D eigenvalue weighted by Gasteiger charge is 2.09. The Labute approximate surface area is 127 Å². The molecule has 2 heterocycles. The predicted molar refractivity (Wildman–Crippen MR) is 88.9 cm³/mol. The Morgan fingerprint density at radius 1 is 1.29 bits per heavy atom. The van der Waals surface area contributed by atoms with Crippen molar-refractivity contribution in [3.8, 4) is 0 Å². The van der Waals surface area contributed by atoms with Gasteiger partial charge in [-0.1, -0.05) is 30.4 Å². The lowest BCUT2D eigenvalue weighted by Gasteiger charge is -2.10. The van der Waals surface area contributed by atoms with Crippen LogP contribution in [0.15, 0.2) is 36.4 Å². The van der Waals surface area contributed by atoms with Crippen LogP contribution in [0, 0.1) is 6.92 Å². The van der Waals surface area contributed by atoms with Crippen molar-refractivity contribution in [3.05, 3.63) is 47.7 Å². The highest BCUT2D eigenvalue weighted by atomic mass is 32.1. The Morgan fingerprint density at radius 2 is 2.05 bits per heavy atom. The summed E-state index contributed by atoms with van der Waals surface area (Å²) in [6, 6.07) is 11.6. The topological polar surface area (TPSA) is 68.8 Å². The van der Waals surface area contributed by atoms with Gasteiger partial charge in [-0.15, -0.1) is 0 Å². The summed E-state index contributed by atoms with van der Waals surface area (Å²) in [7, 11) is 1.88. The van der Waals surface area contributed by atoms with Gasteiger partial charge in [-0.3, -0.25) is 4.68 Å². The van der Waals surface area contributed by atoms with Gasteiger partial charge in [0.2, 0.25) is 0 Å². The van der Waals surface area contributed by atoms with E-state index in [-0.39, 0.29) is 0 Å². The first-order valence-electron chi connectivity index (χ1n) is 6.52. The molecule has 3 N–H and O–H groups in total. The van der Waals surface area contributed by atoms with Crippen molar-refractivity contribution in [2.24, 2.45) is 12.8 Å². The minimum atomic E-state index is 0.359. The van der Waals surface area contributed by atoms with Crippen LogP contribution >= 0.6 is 12.2 Å². The fraction of sp³-hybridized carbons (Fsp3) is 0.133. The summed E-state index contributed by atoms with van der Waals surface area (Å²) >= 11 is 5.15. The summed E-state index contributed by atoms with van der Waals surface area (Å²) in [4.78, 5) is 4.96. The van der Waals surface area contributed by atoms with Gasteiger partial charge in [-0.2, -0.15) is 5.10 Å². The number of nitrogens with zero attached hydrogens (tertiary/aromatic N) is 3. The molecular weight excluding hydrogens is 282 g/mol. The van der Waals surface area contributed by atoms with Crippen LogP contribution in [-0.2, 0) is 7.05 Å². The third kappa shape index (κ3) is 2.57. The van der Waals surface area contributed by atoms with E-state index in [2.05, 4.69) is 15.4 Å². The van der Waals surface area contributed by atoms with Gasteiger partial charge in [0.25, 0.3) is 0 Å². The van der Waals surface area contributed by atoms with Crippen LogP contribution in [0.5, 0.6) is 0 Å². The second-order valence-corrected chi connectivity index (χ2v) is 5.30. The van der Waals surface area contributed by atoms with Crippen LogP contribution in [-0.4, -0.2) is 19.8 Å². The minimum absolute atomic E-state index is 0.359. The molecule has 0 saturated heterocycles. The van der Waals surface area contributed by atoms with E-state index < -0.39 is 0 Å². The van der Waals surface area contributed by atoms with Gasteiger partial charge in [0.1, 0.15) is 16.6 Å². The molecule has 0 aliphatic heterocycles. The number of hydrogen-bond donors (Lipinski definition) is 2. The van der Waals surface area contributed by atoms with Gasteiger partial charge in [-0.05, 0) is 19.1 Å². The number of nitrogens with one attached hydrogen (secondary N) is 1. The number of nitrogens with two attached hydrogens (primary N) is 1. The first kappa shape index (κ1) is 13.5. The van der Waals surface area contributed by atoms with Gasteiger partial charge < -0.3 is 11.1 Å². The van der Waals surface area contributed by atoms with Crippen LogP contribution in [0.2, 0.25) is 0 Å². The number of anilines is 2. The van der Waals surface area contributed by atoms with Gasteiger partial charge in [0.05, 0.1) is 11.2 Å². The fourth-order valence-corrected chi connectivity index (χ4v) is 2.47. The molecular formula is C15H15N5S. The summed E-state index contributed by atoms with van der Waals surface area (Å²) in [5.74, 6) is 1.56. The SMILES string of the molecule is Cc1cc(Nc2cc(C(N)=S)c3ccccc3n2)n(C)n1.